The van der Waals surface area contributed by atoms with Crippen LogP contribution >= 0.6 is 11.6 Å². The van der Waals surface area contributed by atoms with E-state index >= 15 is 0 Å². The summed E-state index contributed by atoms with van der Waals surface area (Å²) in [5, 5.41) is 6.96. The summed E-state index contributed by atoms with van der Waals surface area (Å²) >= 11 is 6.01. The minimum Gasteiger partial charge on any atom is -0.347 e. The van der Waals surface area contributed by atoms with Crippen LogP contribution in [-0.2, 0) is 0 Å². The molecule has 0 radical (unpaired) electrons. The summed E-state index contributed by atoms with van der Waals surface area (Å²) in [6.45, 7) is 0. The third-order valence-electron chi connectivity index (χ3n) is 5.73. The van der Waals surface area contributed by atoms with E-state index in [4.69, 9.17) is 11.6 Å². The number of halogens is 1. The third-order valence-corrected chi connectivity index (χ3v) is 5.96. The first kappa shape index (κ1) is 17.9. The molecular formula is C20H21ClN4O2. The van der Waals surface area contributed by atoms with Gasteiger partial charge in [-0.3, -0.25) is 9.59 Å². The average molecular weight is 385 g/mol. The second kappa shape index (κ2) is 6.93. The molecule has 2 aromatic rings. The smallest absolute Gasteiger partial charge is 0.270 e. The van der Waals surface area contributed by atoms with Gasteiger partial charge in [0.05, 0.1) is 0 Å². The number of amides is 2. The van der Waals surface area contributed by atoms with E-state index < -0.39 is 0 Å². The lowest BCUT2D eigenvalue weighted by Crippen LogP contribution is -2.55. The van der Waals surface area contributed by atoms with Crippen molar-refractivity contribution in [3.8, 4) is 0 Å². The fourth-order valence-corrected chi connectivity index (χ4v) is 4.70. The van der Waals surface area contributed by atoms with Crippen LogP contribution in [0.2, 0.25) is 5.02 Å². The van der Waals surface area contributed by atoms with E-state index in [0.29, 0.717) is 16.3 Å². The van der Waals surface area contributed by atoms with Gasteiger partial charge in [-0.25, -0.2) is 9.97 Å². The van der Waals surface area contributed by atoms with Crippen molar-refractivity contribution in [1.29, 1.82) is 0 Å². The van der Waals surface area contributed by atoms with Gasteiger partial charge in [-0.1, -0.05) is 17.7 Å². The molecular weight excluding hydrogens is 364 g/mol. The van der Waals surface area contributed by atoms with Crippen LogP contribution in [0.15, 0.2) is 42.9 Å². The Balaban J connectivity index is 1.48. The highest BCUT2D eigenvalue weighted by atomic mass is 35.5. The standard InChI is InChI=1S/C20H21ClN4O2/c21-15-4-1-3-14(11-15)17(26)24-19-6-2-7-20(12-19,9-8-19)25-18(27)16-5-10-22-13-23-16/h1,3-5,10-11,13H,2,6-9,12H2,(H,24,26)(H,25,27). The van der Waals surface area contributed by atoms with Gasteiger partial charge < -0.3 is 10.6 Å². The summed E-state index contributed by atoms with van der Waals surface area (Å²) in [6.07, 6.45) is 8.16. The number of aromatic nitrogens is 2. The first-order valence-electron chi connectivity index (χ1n) is 9.16. The van der Waals surface area contributed by atoms with E-state index in [1.54, 1.807) is 36.5 Å². The Hall–Kier alpha value is -2.47. The summed E-state index contributed by atoms with van der Waals surface area (Å²) in [7, 11) is 0. The van der Waals surface area contributed by atoms with Crippen molar-refractivity contribution in [3.63, 3.8) is 0 Å². The molecule has 0 saturated heterocycles. The van der Waals surface area contributed by atoms with E-state index in [1.807, 2.05) is 0 Å². The summed E-state index contributed by atoms with van der Waals surface area (Å²) in [5.41, 5.74) is 0.355. The van der Waals surface area contributed by atoms with Gasteiger partial charge in [0, 0.05) is 27.9 Å². The molecule has 2 atom stereocenters. The lowest BCUT2D eigenvalue weighted by molar-refractivity contribution is 0.0829. The molecule has 2 saturated carbocycles. The van der Waals surface area contributed by atoms with Gasteiger partial charge in [-0.15, -0.1) is 0 Å². The average Bonchev–Trinajstić information content (AvgIpc) is 2.92. The summed E-state index contributed by atoms with van der Waals surface area (Å²) in [4.78, 5) is 33.2. The van der Waals surface area contributed by atoms with Crippen LogP contribution in [0, 0.1) is 0 Å². The zero-order chi connectivity index (χ0) is 18.9. The van der Waals surface area contributed by atoms with Crippen LogP contribution in [-0.4, -0.2) is 32.9 Å². The van der Waals surface area contributed by atoms with Crippen LogP contribution < -0.4 is 10.6 Å². The molecule has 1 aromatic heterocycles. The van der Waals surface area contributed by atoms with Crippen molar-refractivity contribution in [2.45, 2.75) is 49.6 Å². The Kier molecular flexibility index (Phi) is 4.60. The number of rotatable bonds is 4. The fraction of sp³-hybridized carbons (Fsp3) is 0.400. The second-order valence-corrected chi connectivity index (χ2v) is 8.04. The summed E-state index contributed by atoms with van der Waals surface area (Å²) in [6, 6.07) is 8.57. The summed E-state index contributed by atoms with van der Waals surface area (Å²) < 4.78 is 0. The number of carbonyl (C=O) groups is 2. The predicted octanol–water partition coefficient (Wildman–Crippen LogP) is 3.14. The van der Waals surface area contributed by atoms with Crippen molar-refractivity contribution >= 4 is 23.4 Å². The topological polar surface area (TPSA) is 84.0 Å². The fourth-order valence-electron chi connectivity index (χ4n) is 4.51. The van der Waals surface area contributed by atoms with E-state index in [1.165, 1.54) is 6.33 Å². The molecule has 1 heterocycles. The molecule has 140 valence electrons. The largest absolute Gasteiger partial charge is 0.347 e. The molecule has 0 spiro atoms. The molecule has 0 aliphatic heterocycles. The Morgan fingerprint density at radius 3 is 2.41 bits per heavy atom. The maximum atomic E-state index is 12.7. The van der Waals surface area contributed by atoms with Crippen LogP contribution in [0.25, 0.3) is 0 Å². The predicted molar refractivity (Wildman–Crippen MR) is 102 cm³/mol. The molecule has 4 rings (SSSR count). The Morgan fingerprint density at radius 2 is 1.74 bits per heavy atom. The van der Waals surface area contributed by atoms with Gasteiger partial charge in [0.15, 0.2) is 0 Å². The van der Waals surface area contributed by atoms with Crippen molar-refractivity contribution in [3.05, 3.63) is 59.1 Å². The minimum absolute atomic E-state index is 0.114. The molecule has 7 heteroatoms. The molecule has 2 amide bonds. The molecule has 27 heavy (non-hydrogen) atoms. The number of benzene rings is 1. The number of hydrogen-bond donors (Lipinski definition) is 2. The van der Waals surface area contributed by atoms with E-state index in [0.717, 1.165) is 38.5 Å². The van der Waals surface area contributed by atoms with Crippen molar-refractivity contribution in [2.75, 3.05) is 0 Å². The number of carbonyl (C=O) groups excluding carboxylic acids is 2. The van der Waals surface area contributed by atoms with Crippen LogP contribution in [0.4, 0.5) is 0 Å². The molecule has 2 unspecified atom stereocenters. The molecule has 2 aliphatic carbocycles. The second-order valence-electron chi connectivity index (χ2n) is 7.60. The maximum absolute atomic E-state index is 12.7. The molecule has 2 fully saturated rings. The number of nitrogens with zero attached hydrogens (tertiary/aromatic N) is 2. The molecule has 2 bridgehead atoms. The quantitative estimate of drug-likeness (QED) is 0.848. The normalized spacial score (nSPS) is 26.4. The SMILES string of the molecule is O=C(NC12CCCC(NC(=O)c3ccncn3)(CC1)C2)c1cccc(Cl)c1. The molecule has 6 nitrogen and oxygen atoms in total. The van der Waals surface area contributed by atoms with Gasteiger partial charge in [-0.05, 0) is 62.8 Å². The number of fused-ring (bicyclic) bond motifs is 2. The number of nitrogens with one attached hydrogen (secondary N) is 2. The molecule has 1 aromatic carbocycles. The highest BCUT2D eigenvalue weighted by Gasteiger charge is 2.52. The van der Waals surface area contributed by atoms with E-state index in [2.05, 4.69) is 20.6 Å². The van der Waals surface area contributed by atoms with Crippen molar-refractivity contribution in [2.24, 2.45) is 0 Å². The molecule has 2 aliphatic rings. The van der Waals surface area contributed by atoms with Gasteiger partial charge >= 0.3 is 0 Å². The first-order valence-corrected chi connectivity index (χ1v) is 9.54. The minimum atomic E-state index is -0.290. The first-order chi connectivity index (χ1) is 13.0. The van der Waals surface area contributed by atoms with Gasteiger partial charge in [0.1, 0.15) is 12.0 Å². The molecule has 2 N–H and O–H groups in total. The van der Waals surface area contributed by atoms with Gasteiger partial charge in [-0.2, -0.15) is 0 Å². The van der Waals surface area contributed by atoms with Crippen LogP contribution in [0.5, 0.6) is 0 Å². The van der Waals surface area contributed by atoms with Gasteiger partial charge in [0.25, 0.3) is 11.8 Å². The number of hydrogen-bond acceptors (Lipinski definition) is 4. The monoisotopic (exact) mass is 384 g/mol. The summed E-state index contributed by atoms with van der Waals surface area (Å²) in [5.74, 6) is -0.298. The van der Waals surface area contributed by atoms with Gasteiger partial charge in [0.2, 0.25) is 0 Å². The lowest BCUT2D eigenvalue weighted by atomic mass is 9.78. The Bertz CT molecular complexity index is 875. The third kappa shape index (κ3) is 3.67. The van der Waals surface area contributed by atoms with Crippen LogP contribution in [0.1, 0.15) is 59.4 Å². The van der Waals surface area contributed by atoms with E-state index in [9.17, 15) is 9.59 Å². The Labute approximate surface area is 162 Å². The zero-order valence-corrected chi connectivity index (χ0v) is 15.6. The highest BCUT2D eigenvalue weighted by Crippen LogP contribution is 2.48. The van der Waals surface area contributed by atoms with Crippen LogP contribution in [0.3, 0.4) is 0 Å². The van der Waals surface area contributed by atoms with Crippen molar-refractivity contribution in [1.82, 2.24) is 20.6 Å². The zero-order valence-electron chi connectivity index (χ0n) is 14.9. The van der Waals surface area contributed by atoms with Crippen molar-refractivity contribution < 1.29 is 9.59 Å². The maximum Gasteiger partial charge on any atom is 0.270 e. The highest BCUT2D eigenvalue weighted by molar-refractivity contribution is 6.30. The van der Waals surface area contributed by atoms with E-state index in [-0.39, 0.29) is 22.9 Å². The lowest BCUT2D eigenvalue weighted by Gasteiger charge is -2.40. The Morgan fingerprint density at radius 1 is 1.00 bits per heavy atom.